The van der Waals surface area contributed by atoms with Crippen LogP contribution < -0.4 is 0 Å². The van der Waals surface area contributed by atoms with Crippen LogP contribution in [-0.4, -0.2) is 34.6 Å². The highest BCUT2D eigenvalue weighted by Gasteiger charge is 2.41. The summed E-state index contributed by atoms with van der Waals surface area (Å²) in [6.07, 6.45) is 9.25. The number of benzene rings is 1. The van der Waals surface area contributed by atoms with E-state index in [4.69, 9.17) is 11.6 Å². The van der Waals surface area contributed by atoms with Crippen molar-refractivity contribution in [3.63, 3.8) is 0 Å². The molecular formula is C21H29ClFNO2. The molecule has 1 saturated carbocycles. The molecule has 1 aliphatic carbocycles. The Morgan fingerprint density at radius 3 is 2.69 bits per heavy atom. The topological polar surface area (TPSA) is 40.5 Å². The molecule has 1 aromatic rings. The second kappa shape index (κ2) is 8.71. The molecule has 0 unspecified atom stereocenters. The number of nitrogens with zero attached hydrogens (tertiary/aromatic N) is 1. The van der Waals surface area contributed by atoms with E-state index in [0.717, 1.165) is 25.1 Å². The van der Waals surface area contributed by atoms with E-state index in [2.05, 4.69) is 0 Å². The predicted octanol–water partition coefficient (Wildman–Crippen LogP) is 4.74. The molecule has 26 heavy (non-hydrogen) atoms. The highest BCUT2D eigenvalue weighted by atomic mass is 35.5. The van der Waals surface area contributed by atoms with Crippen molar-refractivity contribution in [2.45, 2.75) is 69.8 Å². The number of carbonyl (C=O) groups is 1. The summed E-state index contributed by atoms with van der Waals surface area (Å²) in [5.41, 5.74) is -0.453. The van der Waals surface area contributed by atoms with Crippen molar-refractivity contribution < 1.29 is 14.3 Å². The Morgan fingerprint density at radius 1 is 1.19 bits per heavy atom. The van der Waals surface area contributed by atoms with E-state index >= 15 is 0 Å². The Morgan fingerprint density at radius 2 is 1.96 bits per heavy atom. The molecule has 3 nitrogen and oxygen atoms in total. The van der Waals surface area contributed by atoms with Gasteiger partial charge in [0.05, 0.1) is 0 Å². The lowest BCUT2D eigenvalue weighted by molar-refractivity contribution is -0.159. The number of halogens is 2. The number of hydrogen-bond donors (Lipinski definition) is 1. The Hall–Kier alpha value is -1.13. The van der Waals surface area contributed by atoms with E-state index in [1.54, 1.807) is 6.07 Å². The molecule has 0 radical (unpaired) electrons. The molecule has 2 fully saturated rings. The Labute approximate surface area is 160 Å². The molecule has 0 bridgehead atoms. The molecule has 0 spiro atoms. The zero-order valence-corrected chi connectivity index (χ0v) is 16.1. The summed E-state index contributed by atoms with van der Waals surface area (Å²) in [7, 11) is 0. The van der Waals surface area contributed by atoms with Gasteiger partial charge in [-0.2, -0.15) is 0 Å². The van der Waals surface area contributed by atoms with Crippen molar-refractivity contribution in [3.8, 4) is 0 Å². The lowest BCUT2D eigenvalue weighted by atomic mass is 9.84. The summed E-state index contributed by atoms with van der Waals surface area (Å²) in [6.45, 7) is 1.55. The largest absolute Gasteiger partial charge is 0.380 e. The normalized spacial score (nSPS) is 24.9. The number of likely N-dealkylation sites (tertiary alicyclic amines) is 1. The van der Waals surface area contributed by atoms with Crippen LogP contribution in [0.2, 0.25) is 5.02 Å². The molecule has 2 aliphatic rings. The van der Waals surface area contributed by atoms with Crippen LogP contribution >= 0.6 is 11.6 Å². The minimum atomic E-state index is -1.26. The van der Waals surface area contributed by atoms with Crippen molar-refractivity contribution in [3.05, 3.63) is 34.6 Å². The van der Waals surface area contributed by atoms with Gasteiger partial charge in [-0.3, -0.25) is 4.79 Å². The Bertz CT molecular complexity index is 612. The van der Waals surface area contributed by atoms with Crippen molar-refractivity contribution in [1.82, 2.24) is 4.90 Å². The van der Waals surface area contributed by atoms with Crippen LogP contribution in [-0.2, 0) is 11.2 Å². The molecule has 5 heteroatoms. The van der Waals surface area contributed by atoms with E-state index in [1.807, 2.05) is 4.90 Å². The third-order valence-electron chi connectivity index (χ3n) is 5.89. The fourth-order valence-electron chi connectivity index (χ4n) is 4.49. The van der Waals surface area contributed by atoms with E-state index in [1.165, 1.54) is 44.2 Å². The van der Waals surface area contributed by atoms with Gasteiger partial charge in [0.2, 0.25) is 0 Å². The van der Waals surface area contributed by atoms with Gasteiger partial charge in [0.25, 0.3) is 5.91 Å². The summed E-state index contributed by atoms with van der Waals surface area (Å²) in [4.78, 5) is 14.8. The van der Waals surface area contributed by atoms with Gasteiger partial charge in [-0.1, -0.05) is 30.9 Å². The SMILES string of the molecule is O=C1N(CC2CCCCC2)CCC[C@]1(O)CCCc1cc(F)cc(Cl)c1. The lowest BCUT2D eigenvalue weighted by Gasteiger charge is -2.40. The first kappa shape index (κ1) is 19.6. The number of rotatable bonds is 6. The molecule has 1 aliphatic heterocycles. The number of piperidine rings is 1. The average molecular weight is 382 g/mol. The number of carbonyl (C=O) groups excluding carboxylic acids is 1. The molecule has 1 N–H and O–H groups in total. The number of aryl methyl sites for hydroxylation is 1. The molecule has 1 saturated heterocycles. The van der Waals surface area contributed by atoms with Crippen molar-refractivity contribution in [2.75, 3.05) is 13.1 Å². The smallest absolute Gasteiger partial charge is 0.254 e. The molecule has 1 aromatic carbocycles. The lowest BCUT2D eigenvalue weighted by Crippen LogP contribution is -2.54. The molecule has 1 heterocycles. The van der Waals surface area contributed by atoms with Gasteiger partial charge in [-0.25, -0.2) is 4.39 Å². The van der Waals surface area contributed by atoms with Gasteiger partial charge >= 0.3 is 0 Å². The molecule has 144 valence electrons. The van der Waals surface area contributed by atoms with E-state index in [-0.39, 0.29) is 11.7 Å². The summed E-state index contributed by atoms with van der Waals surface area (Å²) in [5, 5.41) is 11.3. The summed E-state index contributed by atoms with van der Waals surface area (Å²) in [6, 6.07) is 4.49. The zero-order valence-electron chi connectivity index (χ0n) is 15.4. The van der Waals surface area contributed by atoms with Gasteiger partial charge in [-0.15, -0.1) is 0 Å². The van der Waals surface area contributed by atoms with Crippen molar-refractivity contribution >= 4 is 17.5 Å². The fourth-order valence-corrected chi connectivity index (χ4v) is 4.74. The molecule has 1 atom stereocenters. The summed E-state index contributed by atoms with van der Waals surface area (Å²) < 4.78 is 13.4. The third-order valence-corrected chi connectivity index (χ3v) is 6.10. The van der Waals surface area contributed by atoms with Crippen LogP contribution in [0, 0.1) is 11.7 Å². The van der Waals surface area contributed by atoms with E-state index in [9.17, 15) is 14.3 Å². The average Bonchev–Trinajstić information content (AvgIpc) is 2.59. The van der Waals surface area contributed by atoms with Crippen LogP contribution in [0.1, 0.15) is 63.4 Å². The number of aliphatic hydroxyl groups is 1. The first-order valence-electron chi connectivity index (χ1n) is 9.93. The highest BCUT2D eigenvalue weighted by molar-refractivity contribution is 6.30. The molecule has 1 amide bonds. The first-order chi connectivity index (χ1) is 12.5. The second-order valence-corrected chi connectivity index (χ2v) is 8.46. The minimum absolute atomic E-state index is 0.105. The van der Waals surface area contributed by atoms with Crippen molar-refractivity contribution in [1.29, 1.82) is 0 Å². The Kier molecular flexibility index (Phi) is 6.57. The highest BCUT2D eigenvalue weighted by Crippen LogP contribution is 2.31. The number of amides is 1. The fraction of sp³-hybridized carbons (Fsp3) is 0.667. The van der Waals surface area contributed by atoms with Gasteiger partial charge in [0.1, 0.15) is 11.4 Å². The van der Waals surface area contributed by atoms with Gasteiger partial charge in [-0.05, 0) is 74.6 Å². The van der Waals surface area contributed by atoms with Crippen LogP contribution in [0.4, 0.5) is 4.39 Å². The van der Waals surface area contributed by atoms with E-state index in [0.29, 0.717) is 36.6 Å². The van der Waals surface area contributed by atoms with Crippen LogP contribution in [0.3, 0.4) is 0 Å². The quantitative estimate of drug-likeness (QED) is 0.773. The monoisotopic (exact) mass is 381 g/mol. The second-order valence-electron chi connectivity index (χ2n) is 8.02. The Balaban J connectivity index is 1.54. The molecular weight excluding hydrogens is 353 g/mol. The van der Waals surface area contributed by atoms with E-state index < -0.39 is 5.60 Å². The minimum Gasteiger partial charge on any atom is -0.380 e. The van der Waals surface area contributed by atoms with Crippen LogP contribution in [0.25, 0.3) is 0 Å². The maximum atomic E-state index is 13.4. The summed E-state index contributed by atoms with van der Waals surface area (Å²) >= 11 is 5.89. The number of hydrogen-bond acceptors (Lipinski definition) is 2. The van der Waals surface area contributed by atoms with Gasteiger partial charge in [0.15, 0.2) is 0 Å². The van der Waals surface area contributed by atoms with Gasteiger partial charge in [0, 0.05) is 18.1 Å². The molecule has 0 aromatic heterocycles. The predicted molar refractivity (Wildman–Crippen MR) is 102 cm³/mol. The van der Waals surface area contributed by atoms with Crippen LogP contribution in [0.15, 0.2) is 18.2 Å². The summed E-state index contributed by atoms with van der Waals surface area (Å²) in [5.74, 6) is 0.134. The molecule has 3 rings (SSSR count). The van der Waals surface area contributed by atoms with Gasteiger partial charge < -0.3 is 10.0 Å². The first-order valence-corrected chi connectivity index (χ1v) is 10.3. The zero-order chi connectivity index (χ0) is 18.6. The standard InChI is InChI=1S/C21H29ClFNO2/c22-18-12-17(13-19(23)14-18)8-4-9-21(26)10-5-11-24(20(21)25)15-16-6-2-1-3-7-16/h12-14,16,26H,1-11,15H2/t21-/m1/s1. The van der Waals surface area contributed by atoms with Crippen molar-refractivity contribution in [2.24, 2.45) is 5.92 Å². The maximum Gasteiger partial charge on any atom is 0.254 e. The maximum absolute atomic E-state index is 13.4. The third kappa shape index (κ3) is 4.98. The van der Waals surface area contributed by atoms with Crippen LogP contribution in [0.5, 0.6) is 0 Å².